The first-order valence-corrected chi connectivity index (χ1v) is 7.91. The van der Waals surface area contributed by atoms with Crippen molar-refractivity contribution in [2.24, 2.45) is 5.92 Å². The molecule has 2 N–H and O–H groups in total. The zero-order valence-corrected chi connectivity index (χ0v) is 13.3. The molecule has 1 heterocycles. The van der Waals surface area contributed by atoms with Crippen LogP contribution in [0.25, 0.3) is 0 Å². The number of carbonyl (C=O) groups excluding carboxylic acids is 1. The van der Waals surface area contributed by atoms with Crippen molar-refractivity contribution >= 4 is 5.91 Å². The summed E-state index contributed by atoms with van der Waals surface area (Å²) >= 11 is 0. The fraction of sp³-hybridized carbons (Fsp3) is 0.588. The second-order valence-corrected chi connectivity index (χ2v) is 6.35. The van der Waals surface area contributed by atoms with Gasteiger partial charge < -0.3 is 10.4 Å². The lowest BCUT2D eigenvalue weighted by molar-refractivity contribution is -0.123. The fourth-order valence-corrected chi connectivity index (χ4v) is 2.80. The molecule has 1 aliphatic heterocycles. The van der Waals surface area contributed by atoms with Crippen LogP contribution in [0.5, 0.6) is 0 Å². The molecule has 0 aromatic heterocycles. The second-order valence-electron chi connectivity index (χ2n) is 6.35. The van der Waals surface area contributed by atoms with Gasteiger partial charge >= 0.3 is 0 Å². The van der Waals surface area contributed by atoms with Gasteiger partial charge in [-0.1, -0.05) is 26.0 Å². The molecule has 0 bridgehead atoms. The number of benzene rings is 1. The van der Waals surface area contributed by atoms with Crippen molar-refractivity contribution in [1.82, 2.24) is 10.2 Å². The van der Waals surface area contributed by atoms with Crippen LogP contribution in [0.3, 0.4) is 0 Å². The number of piperidine rings is 1. The molecule has 1 fully saturated rings. The molecular formula is C17H25FN2O2. The lowest BCUT2D eigenvalue weighted by atomic mass is 9.96. The summed E-state index contributed by atoms with van der Waals surface area (Å²) in [6.07, 6.45) is 1.21. The van der Waals surface area contributed by atoms with Crippen LogP contribution >= 0.6 is 0 Å². The van der Waals surface area contributed by atoms with Gasteiger partial charge in [0, 0.05) is 13.1 Å². The highest BCUT2D eigenvalue weighted by atomic mass is 19.1. The Hall–Kier alpha value is -1.46. The molecule has 22 heavy (non-hydrogen) atoms. The average Bonchev–Trinajstić information content (AvgIpc) is 2.48. The third kappa shape index (κ3) is 4.78. The van der Waals surface area contributed by atoms with Crippen LogP contribution in [0, 0.1) is 11.7 Å². The van der Waals surface area contributed by atoms with E-state index in [-0.39, 0.29) is 29.8 Å². The lowest BCUT2D eigenvalue weighted by Gasteiger charge is -2.30. The highest BCUT2D eigenvalue weighted by Crippen LogP contribution is 2.22. The first-order valence-electron chi connectivity index (χ1n) is 7.91. The Labute approximate surface area is 131 Å². The zero-order chi connectivity index (χ0) is 16.1. The quantitative estimate of drug-likeness (QED) is 0.876. The summed E-state index contributed by atoms with van der Waals surface area (Å²) in [5, 5.41) is 12.5. The first kappa shape index (κ1) is 16.9. The maximum absolute atomic E-state index is 13.0. The highest BCUT2D eigenvalue weighted by molar-refractivity contribution is 5.78. The number of hydrogen-bond donors (Lipinski definition) is 2. The number of halogens is 1. The minimum Gasteiger partial charge on any atom is -0.393 e. The lowest BCUT2D eigenvalue weighted by Crippen LogP contribution is -2.44. The van der Waals surface area contributed by atoms with Crippen LogP contribution in [0.1, 0.15) is 38.3 Å². The first-order chi connectivity index (χ1) is 10.5. The van der Waals surface area contributed by atoms with E-state index in [4.69, 9.17) is 0 Å². The molecule has 1 aliphatic rings. The van der Waals surface area contributed by atoms with Crippen molar-refractivity contribution in [2.45, 2.75) is 38.8 Å². The predicted molar refractivity (Wildman–Crippen MR) is 83.8 cm³/mol. The zero-order valence-electron chi connectivity index (χ0n) is 13.3. The third-order valence-corrected chi connectivity index (χ3v) is 4.14. The highest BCUT2D eigenvalue weighted by Gasteiger charge is 2.22. The number of nitrogens with zero attached hydrogens (tertiary/aromatic N) is 1. The molecule has 1 saturated heterocycles. The Balaban J connectivity index is 1.93. The van der Waals surface area contributed by atoms with E-state index in [1.165, 1.54) is 12.1 Å². The van der Waals surface area contributed by atoms with Gasteiger partial charge in [-0.25, -0.2) is 4.39 Å². The van der Waals surface area contributed by atoms with Crippen molar-refractivity contribution < 1.29 is 14.3 Å². The van der Waals surface area contributed by atoms with E-state index in [0.29, 0.717) is 6.54 Å². The minimum atomic E-state index is -0.274. The van der Waals surface area contributed by atoms with E-state index in [0.717, 1.165) is 31.5 Å². The predicted octanol–water partition coefficient (Wildman–Crippen LogP) is 2.10. The monoisotopic (exact) mass is 308 g/mol. The number of aliphatic hydroxyl groups excluding tert-OH is 1. The van der Waals surface area contributed by atoms with Gasteiger partial charge in [-0.05, 0) is 36.5 Å². The molecular weight excluding hydrogens is 283 g/mol. The minimum absolute atomic E-state index is 0.0283. The molecule has 4 nitrogen and oxygen atoms in total. The molecule has 1 atom stereocenters. The molecule has 122 valence electrons. The molecule has 2 rings (SSSR count). The van der Waals surface area contributed by atoms with E-state index in [1.54, 1.807) is 12.1 Å². The summed E-state index contributed by atoms with van der Waals surface area (Å²) in [5.41, 5.74) is 0.916. The number of rotatable bonds is 5. The van der Waals surface area contributed by atoms with E-state index >= 15 is 0 Å². The number of carbonyl (C=O) groups is 1. The SMILES string of the molecule is CC(C)C(NC(=O)CN1CCC(O)CC1)c1ccc(F)cc1. The van der Waals surface area contributed by atoms with Gasteiger partial charge in [0.05, 0.1) is 18.7 Å². The normalized spacial score (nSPS) is 18.4. The number of nitrogens with one attached hydrogen (secondary N) is 1. The van der Waals surface area contributed by atoms with E-state index < -0.39 is 0 Å². The van der Waals surface area contributed by atoms with Crippen LogP contribution in [0.2, 0.25) is 0 Å². The Morgan fingerprint density at radius 2 is 1.91 bits per heavy atom. The molecule has 0 radical (unpaired) electrons. The molecule has 1 aromatic rings. The Morgan fingerprint density at radius 1 is 1.32 bits per heavy atom. The average molecular weight is 308 g/mol. The standard InChI is InChI=1S/C17H25FN2O2/c1-12(2)17(13-3-5-14(18)6-4-13)19-16(22)11-20-9-7-15(21)8-10-20/h3-6,12,15,17,21H,7-11H2,1-2H3,(H,19,22). The fourth-order valence-electron chi connectivity index (χ4n) is 2.80. The number of amides is 1. The maximum Gasteiger partial charge on any atom is 0.234 e. The van der Waals surface area contributed by atoms with Crippen molar-refractivity contribution in [1.29, 1.82) is 0 Å². The van der Waals surface area contributed by atoms with Gasteiger partial charge in [0.25, 0.3) is 0 Å². The van der Waals surface area contributed by atoms with E-state index in [1.807, 2.05) is 13.8 Å². The summed E-state index contributed by atoms with van der Waals surface area (Å²) in [6.45, 7) is 5.91. The van der Waals surface area contributed by atoms with Gasteiger partial charge in [0.2, 0.25) is 5.91 Å². The molecule has 0 spiro atoms. The van der Waals surface area contributed by atoms with Gasteiger partial charge in [-0.2, -0.15) is 0 Å². The van der Waals surface area contributed by atoms with Crippen LogP contribution in [-0.2, 0) is 4.79 Å². The smallest absolute Gasteiger partial charge is 0.234 e. The third-order valence-electron chi connectivity index (χ3n) is 4.14. The summed E-state index contributed by atoms with van der Waals surface area (Å²) in [5.74, 6) is -0.0820. The van der Waals surface area contributed by atoms with Crippen LogP contribution < -0.4 is 5.32 Å². The molecule has 5 heteroatoms. The van der Waals surface area contributed by atoms with Crippen molar-refractivity contribution in [3.8, 4) is 0 Å². The molecule has 0 aliphatic carbocycles. The summed E-state index contributed by atoms with van der Waals surface area (Å²) in [7, 11) is 0. The topological polar surface area (TPSA) is 52.6 Å². The molecule has 0 saturated carbocycles. The Kier molecular flexibility index (Phi) is 5.91. The van der Waals surface area contributed by atoms with Gasteiger partial charge in [0.15, 0.2) is 0 Å². The molecule has 1 amide bonds. The molecule has 1 unspecified atom stereocenters. The maximum atomic E-state index is 13.0. The van der Waals surface area contributed by atoms with Crippen LogP contribution in [-0.4, -0.2) is 41.7 Å². The van der Waals surface area contributed by atoms with Gasteiger partial charge in [0.1, 0.15) is 5.82 Å². The van der Waals surface area contributed by atoms with Crippen molar-refractivity contribution in [2.75, 3.05) is 19.6 Å². The summed E-state index contributed by atoms with van der Waals surface area (Å²) < 4.78 is 13.0. The van der Waals surface area contributed by atoms with Crippen molar-refractivity contribution in [3.63, 3.8) is 0 Å². The van der Waals surface area contributed by atoms with Crippen LogP contribution in [0.4, 0.5) is 4.39 Å². The second kappa shape index (κ2) is 7.70. The number of likely N-dealkylation sites (tertiary alicyclic amines) is 1. The summed E-state index contributed by atoms with van der Waals surface area (Å²) in [4.78, 5) is 14.3. The largest absolute Gasteiger partial charge is 0.393 e. The van der Waals surface area contributed by atoms with Crippen molar-refractivity contribution in [3.05, 3.63) is 35.6 Å². The van der Waals surface area contributed by atoms with E-state index in [9.17, 15) is 14.3 Å². The molecule has 1 aromatic carbocycles. The van der Waals surface area contributed by atoms with E-state index in [2.05, 4.69) is 10.2 Å². The summed E-state index contributed by atoms with van der Waals surface area (Å²) in [6, 6.07) is 6.16. The number of hydrogen-bond acceptors (Lipinski definition) is 3. The Bertz CT molecular complexity index is 482. The van der Waals surface area contributed by atoms with Gasteiger partial charge in [-0.3, -0.25) is 9.69 Å². The van der Waals surface area contributed by atoms with Crippen LogP contribution in [0.15, 0.2) is 24.3 Å². The van der Waals surface area contributed by atoms with Gasteiger partial charge in [-0.15, -0.1) is 0 Å². The number of aliphatic hydroxyl groups is 1. The Morgan fingerprint density at radius 3 is 2.45 bits per heavy atom.